The normalized spacial score (nSPS) is 18.9. The van der Waals surface area contributed by atoms with Gasteiger partial charge in [-0.25, -0.2) is 14.4 Å². The van der Waals surface area contributed by atoms with Gasteiger partial charge >= 0.3 is 0 Å². The molecule has 3 aromatic heterocycles. The van der Waals surface area contributed by atoms with Gasteiger partial charge in [-0.2, -0.15) is 5.10 Å². The van der Waals surface area contributed by atoms with Crippen molar-refractivity contribution in [1.29, 1.82) is 0 Å². The minimum atomic E-state index is -1.02. The van der Waals surface area contributed by atoms with Crippen LogP contribution in [0.25, 0.3) is 32.5 Å². The summed E-state index contributed by atoms with van der Waals surface area (Å²) in [6.45, 7) is 0. The molecule has 0 unspecified atom stereocenters. The number of alkyl halides is 1. The number of anilines is 1. The third kappa shape index (κ3) is 2.87. The number of hydrogen-bond donors (Lipinski definition) is 2. The summed E-state index contributed by atoms with van der Waals surface area (Å²) in [4.78, 5) is 22.9. The molecule has 0 saturated heterocycles. The van der Waals surface area contributed by atoms with Gasteiger partial charge in [-0.3, -0.25) is 9.89 Å². The molecule has 1 fully saturated rings. The van der Waals surface area contributed by atoms with Crippen LogP contribution in [0.5, 0.6) is 0 Å². The fourth-order valence-corrected chi connectivity index (χ4v) is 4.46. The molecule has 1 aromatic carbocycles. The first-order valence-electron chi connectivity index (χ1n) is 8.37. The van der Waals surface area contributed by atoms with E-state index >= 15 is 0 Å². The van der Waals surface area contributed by atoms with Crippen molar-refractivity contribution in [2.24, 2.45) is 5.92 Å². The SMILES string of the molecule is CSc1ccc(-c2ccc3nc(NC(=O)[C@@H]4C[C@@H]4F)sc3n2)c2cn[nH]c12. The highest BCUT2D eigenvalue weighted by Gasteiger charge is 2.43. The maximum absolute atomic E-state index is 13.0. The number of thiazole rings is 1. The lowest BCUT2D eigenvalue weighted by atomic mass is 10.1. The van der Waals surface area contributed by atoms with Crippen LogP contribution in [0.1, 0.15) is 6.42 Å². The van der Waals surface area contributed by atoms with Gasteiger partial charge in [0.2, 0.25) is 5.91 Å². The standard InChI is InChI=1S/C18H14FN5OS2/c1-26-14-5-2-8(10-7-20-24-15(10)14)12-3-4-13-17(21-12)27-18(22-13)23-16(25)9-6-11(9)19/h2-5,7,9,11H,6H2,1H3,(H,20,24)(H,22,23,25)/t9-,11+/m1/s1. The first kappa shape index (κ1) is 16.6. The number of pyridine rings is 1. The number of benzene rings is 1. The van der Waals surface area contributed by atoms with E-state index in [1.54, 1.807) is 18.0 Å². The summed E-state index contributed by atoms with van der Waals surface area (Å²) in [5.41, 5.74) is 3.49. The van der Waals surface area contributed by atoms with Crippen molar-refractivity contribution in [3.63, 3.8) is 0 Å². The zero-order valence-electron chi connectivity index (χ0n) is 14.2. The number of H-pyrrole nitrogens is 1. The van der Waals surface area contributed by atoms with Crippen molar-refractivity contribution in [2.75, 3.05) is 11.6 Å². The molecule has 0 spiro atoms. The van der Waals surface area contributed by atoms with Crippen LogP contribution in [0.3, 0.4) is 0 Å². The van der Waals surface area contributed by atoms with Crippen molar-refractivity contribution < 1.29 is 9.18 Å². The Hall–Kier alpha value is -2.52. The number of rotatable bonds is 4. The molecule has 6 nitrogen and oxygen atoms in total. The molecule has 1 saturated carbocycles. The van der Waals surface area contributed by atoms with E-state index in [-0.39, 0.29) is 5.91 Å². The highest BCUT2D eigenvalue weighted by atomic mass is 32.2. The molecule has 0 aliphatic heterocycles. The molecule has 4 aromatic rings. The highest BCUT2D eigenvalue weighted by Crippen LogP contribution is 2.36. The number of amides is 1. The Labute approximate surface area is 161 Å². The summed E-state index contributed by atoms with van der Waals surface area (Å²) < 4.78 is 13.0. The van der Waals surface area contributed by atoms with Gasteiger partial charge in [-0.15, -0.1) is 11.8 Å². The molecule has 3 heterocycles. The van der Waals surface area contributed by atoms with Crippen LogP contribution in [0, 0.1) is 5.92 Å². The average Bonchev–Trinajstić information content (AvgIpc) is 3.07. The van der Waals surface area contributed by atoms with E-state index in [4.69, 9.17) is 4.98 Å². The summed E-state index contributed by atoms with van der Waals surface area (Å²) in [5, 5.41) is 11.4. The number of nitrogens with one attached hydrogen (secondary N) is 2. The molecule has 2 N–H and O–H groups in total. The Morgan fingerprint density at radius 1 is 1.33 bits per heavy atom. The number of aromatic amines is 1. The minimum Gasteiger partial charge on any atom is -0.302 e. The number of halogens is 1. The van der Waals surface area contributed by atoms with Crippen molar-refractivity contribution in [1.82, 2.24) is 20.2 Å². The van der Waals surface area contributed by atoms with E-state index in [0.717, 1.165) is 31.9 Å². The quantitative estimate of drug-likeness (QED) is 0.501. The lowest BCUT2D eigenvalue weighted by molar-refractivity contribution is -0.117. The maximum atomic E-state index is 13.0. The molecule has 1 amide bonds. The van der Waals surface area contributed by atoms with E-state index in [9.17, 15) is 9.18 Å². The van der Waals surface area contributed by atoms with Gasteiger partial charge in [-0.05, 0) is 30.9 Å². The molecule has 2 atom stereocenters. The van der Waals surface area contributed by atoms with Gasteiger partial charge in [-0.1, -0.05) is 17.4 Å². The van der Waals surface area contributed by atoms with Crippen LogP contribution in [0.15, 0.2) is 35.4 Å². The zero-order valence-corrected chi connectivity index (χ0v) is 15.8. The number of carbonyl (C=O) groups excluding carboxylic acids is 1. The number of thioether (sulfide) groups is 1. The summed E-state index contributed by atoms with van der Waals surface area (Å²) in [7, 11) is 0. The average molecular weight is 399 g/mol. The molecule has 9 heteroatoms. The van der Waals surface area contributed by atoms with E-state index in [2.05, 4.69) is 20.5 Å². The molecule has 5 rings (SSSR count). The Morgan fingerprint density at radius 2 is 2.19 bits per heavy atom. The van der Waals surface area contributed by atoms with Crippen molar-refractivity contribution >= 4 is 55.4 Å². The second-order valence-electron chi connectivity index (χ2n) is 6.36. The Bertz CT molecular complexity index is 1190. The second-order valence-corrected chi connectivity index (χ2v) is 8.19. The first-order chi connectivity index (χ1) is 13.1. The van der Waals surface area contributed by atoms with Crippen molar-refractivity contribution in [2.45, 2.75) is 17.5 Å². The van der Waals surface area contributed by atoms with Gasteiger partial charge in [0.25, 0.3) is 0 Å². The third-order valence-corrected chi connectivity index (χ3v) is 6.27. The molecule has 0 radical (unpaired) electrons. The first-order valence-corrected chi connectivity index (χ1v) is 10.4. The monoisotopic (exact) mass is 399 g/mol. The molecule has 27 heavy (non-hydrogen) atoms. The fourth-order valence-electron chi connectivity index (χ4n) is 3.06. The predicted molar refractivity (Wildman–Crippen MR) is 106 cm³/mol. The summed E-state index contributed by atoms with van der Waals surface area (Å²) >= 11 is 2.95. The fraction of sp³-hybridized carbons (Fsp3) is 0.222. The van der Waals surface area contributed by atoms with Crippen molar-refractivity contribution in [3.8, 4) is 11.3 Å². The number of hydrogen-bond acceptors (Lipinski definition) is 6. The van der Waals surface area contributed by atoms with E-state index in [1.165, 1.54) is 11.3 Å². The molecular weight excluding hydrogens is 385 g/mol. The van der Waals surface area contributed by atoms with Gasteiger partial charge in [0.1, 0.15) is 16.5 Å². The van der Waals surface area contributed by atoms with Crippen LogP contribution in [0.2, 0.25) is 0 Å². The number of nitrogens with zero attached hydrogens (tertiary/aromatic N) is 3. The van der Waals surface area contributed by atoms with E-state index < -0.39 is 12.1 Å². The Morgan fingerprint density at radius 3 is 2.96 bits per heavy atom. The second kappa shape index (κ2) is 6.28. The number of fused-ring (bicyclic) bond motifs is 2. The molecular formula is C18H14FN5OS2. The number of aromatic nitrogens is 4. The highest BCUT2D eigenvalue weighted by molar-refractivity contribution is 7.98. The predicted octanol–water partition coefficient (Wildman–Crippen LogP) is 4.25. The largest absolute Gasteiger partial charge is 0.302 e. The molecule has 1 aliphatic rings. The minimum absolute atomic E-state index is 0.297. The van der Waals surface area contributed by atoms with Gasteiger partial charge in [0.05, 0.1) is 23.3 Å². The summed E-state index contributed by atoms with van der Waals surface area (Å²) in [6.07, 6.45) is 3.11. The molecule has 1 aliphatic carbocycles. The van der Waals surface area contributed by atoms with Gasteiger partial charge < -0.3 is 5.32 Å². The van der Waals surface area contributed by atoms with Crippen LogP contribution >= 0.6 is 23.1 Å². The number of carbonyl (C=O) groups is 1. The van der Waals surface area contributed by atoms with E-state index in [1.807, 2.05) is 30.5 Å². The topological polar surface area (TPSA) is 83.6 Å². The molecule has 0 bridgehead atoms. The smallest absolute Gasteiger partial charge is 0.232 e. The summed E-state index contributed by atoms with van der Waals surface area (Å²) in [5.74, 6) is -0.848. The van der Waals surface area contributed by atoms with Crippen LogP contribution in [-0.2, 0) is 4.79 Å². The zero-order chi connectivity index (χ0) is 18.5. The van der Waals surface area contributed by atoms with Crippen molar-refractivity contribution in [3.05, 3.63) is 30.5 Å². The lowest BCUT2D eigenvalue weighted by Crippen LogP contribution is -2.14. The Kier molecular flexibility index (Phi) is 3.87. The van der Waals surface area contributed by atoms with E-state index in [0.29, 0.717) is 17.1 Å². The summed E-state index contributed by atoms with van der Waals surface area (Å²) in [6, 6.07) is 7.88. The van der Waals surface area contributed by atoms with Crippen LogP contribution in [0.4, 0.5) is 9.52 Å². The third-order valence-electron chi connectivity index (χ3n) is 4.61. The van der Waals surface area contributed by atoms with Crippen LogP contribution in [-0.4, -0.2) is 38.5 Å². The molecule has 136 valence electrons. The maximum Gasteiger partial charge on any atom is 0.232 e. The van der Waals surface area contributed by atoms with Gasteiger partial charge in [0.15, 0.2) is 5.13 Å². The lowest BCUT2D eigenvalue weighted by Gasteiger charge is -2.05. The van der Waals surface area contributed by atoms with Gasteiger partial charge in [0, 0.05) is 15.8 Å². The Balaban J connectivity index is 1.51. The van der Waals surface area contributed by atoms with Crippen LogP contribution < -0.4 is 5.32 Å².